The van der Waals surface area contributed by atoms with Crippen molar-refractivity contribution in [2.24, 2.45) is 0 Å². The summed E-state index contributed by atoms with van der Waals surface area (Å²) in [6.45, 7) is 2.04. The van der Waals surface area contributed by atoms with Gasteiger partial charge in [0.25, 0.3) is 0 Å². The molecule has 0 heterocycles. The number of aryl methyl sites for hydroxylation is 1. The van der Waals surface area contributed by atoms with Crippen molar-refractivity contribution in [3.05, 3.63) is 41.5 Å². The lowest BCUT2D eigenvalue weighted by molar-refractivity contribution is 0.414. The van der Waals surface area contributed by atoms with Gasteiger partial charge in [0.05, 0.1) is 12.7 Å². The summed E-state index contributed by atoms with van der Waals surface area (Å²) in [5.74, 6) is 0.633. The fourth-order valence-electron chi connectivity index (χ4n) is 1.65. The fraction of sp³-hybridized carbons (Fsp3) is 0.154. The van der Waals surface area contributed by atoms with Gasteiger partial charge in [-0.25, -0.2) is 0 Å². The van der Waals surface area contributed by atoms with Crippen LogP contribution in [0.4, 0.5) is 0 Å². The number of nitriles is 1. The van der Waals surface area contributed by atoms with Gasteiger partial charge in [0.15, 0.2) is 0 Å². The van der Waals surface area contributed by atoms with Crippen LogP contribution in [0, 0.1) is 18.3 Å². The lowest BCUT2D eigenvalue weighted by atomic mass is 10.0. The molecule has 15 heavy (non-hydrogen) atoms. The van der Waals surface area contributed by atoms with Gasteiger partial charge < -0.3 is 4.74 Å². The summed E-state index contributed by atoms with van der Waals surface area (Å²) in [5, 5.41) is 11.1. The summed E-state index contributed by atoms with van der Waals surface area (Å²) in [4.78, 5) is 0. The molecule has 0 aliphatic heterocycles. The van der Waals surface area contributed by atoms with Crippen LogP contribution in [-0.4, -0.2) is 7.11 Å². The minimum absolute atomic E-state index is 0.579. The molecule has 0 atom stereocenters. The predicted molar refractivity (Wildman–Crippen MR) is 60.0 cm³/mol. The Hall–Kier alpha value is -2.01. The van der Waals surface area contributed by atoms with E-state index in [1.54, 1.807) is 7.11 Å². The number of hydrogen-bond donors (Lipinski definition) is 0. The second-order valence-electron chi connectivity index (χ2n) is 3.51. The average Bonchev–Trinajstić information content (AvgIpc) is 2.27. The SMILES string of the molecule is COc1cc2ccc(C)cc2cc1C#N. The van der Waals surface area contributed by atoms with Gasteiger partial charge in [-0.05, 0) is 29.8 Å². The van der Waals surface area contributed by atoms with E-state index in [9.17, 15) is 0 Å². The first kappa shape index (κ1) is 9.54. The second kappa shape index (κ2) is 3.62. The normalized spacial score (nSPS) is 9.93. The first-order chi connectivity index (χ1) is 7.24. The van der Waals surface area contributed by atoms with Crippen molar-refractivity contribution in [1.82, 2.24) is 0 Å². The number of methoxy groups -OCH3 is 1. The largest absolute Gasteiger partial charge is 0.495 e. The molecule has 0 fully saturated rings. The Kier molecular flexibility index (Phi) is 2.31. The van der Waals surface area contributed by atoms with Crippen molar-refractivity contribution < 1.29 is 4.74 Å². The van der Waals surface area contributed by atoms with Crippen molar-refractivity contribution >= 4 is 10.8 Å². The van der Waals surface area contributed by atoms with Crippen LogP contribution < -0.4 is 4.74 Å². The highest BCUT2D eigenvalue weighted by Gasteiger charge is 2.04. The maximum Gasteiger partial charge on any atom is 0.137 e. The van der Waals surface area contributed by atoms with Gasteiger partial charge in [-0.2, -0.15) is 5.26 Å². The molecule has 0 aromatic heterocycles. The molecule has 0 saturated carbocycles. The van der Waals surface area contributed by atoms with E-state index < -0.39 is 0 Å². The zero-order valence-electron chi connectivity index (χ0n) is 8.74. The molecule has 0 spiro atoms. The summed E-state index contributed by atoms with van der Waals surface area (Å²) >= 11 is 0. The molecule has 0 aliphatic rings. The van der Waals surface area contributed by atoms with E-state index in [0.29, 0.717) is 11.3 Å². The number of rotatable bonds is 1. The molecule has 0 aliphatic carbocycles. The topological polar surface area (TPSA) is 33.0 Å². The van der Waals surface area contributed by atoms with E-state index in [1.165, 1.54) is 5.56 Å². The van der Waals surface area contributed by atoms with Crippen LogP contribution in [0.2, 0.25) is 0 Å². The van der Waals surface area contributed by atoms with Crippen LogP contribution in [0.5, 0.6) is 5.75 Å². The Bertz CT molecular complexity index is 552. The maximum atomic E-state index is 8.95. The van der Waals surface area contributed by atoms with Gasteiger partial charge in [0.1, 0.15) is 11.8 Å². The van der Waals surface area contributed by atoms with Gasteiger partial charge in [-0.3, -0.25) is 0 Å². The molecule has 2 aromatic rings. The molecule has 2 heteroatoms. The van der Waals surface area contributed by atoms with Crippen molar-refractivity contribution in [3.63, 3.8) is 0 Å². The summed E-state index contributed by atoms with van der Waals surface area (Å²) in [6, 6.07) is 12.0. The monoisotopic (exact) mass is 197 g/mol. The smallest absolute Gasteiger partial charge is 0.137 e. The Morgan fingerprint density at radius 1 is 1.13 bits per heavy atom. The highest BCUT2D eigenvalue weighted by molar-refractivity contribution is 5.86. The summed E-state index contributed by atoms with van der Waals surface area (Å²) in [7, 11) is 1.58. The summed E-state index contributed by atoms with van der Waals surface area (Å²) in [6.07, 6.45) is 0. The minimum atomic E-state index is 0.579. The fourth-order valence-corrected chi connectivity index (χ4v) is 1.65. The minimum Gasteiger partial charge on any atom is -0.495 e. The molecular formula is C13H11NO. The lowest BCUT2D eigenvalue weighted by Crippen LogP contribution is -1.88. The summed E-state index contributed by atoms with van der Waals surface area (Å²) < 4.78 is 5.15. The van der Waals surface area contributed by atoms with Gasteiger partial charge >= 0.3 is 0 Å². The van der Waals surface area contributed by atoms with Crippen molar-refractivity contribution in [2.45, 2.75) is 6.92 Å². The van der Waals surface area contributed by atoms with Crippen LogP contribution in [-0.2, 0) is 0 Å². The van der Waals surface area contributed by atoms with Gasteiger partial charge in [-0.1, -0.05) is 23.8 Å². The number of benzene rings is 2. The van der Waals surface area contributed by atoms with E-state index in [-0.39, 0.29) is 0 Å². The van der Waals surface area contributed by atoms with E-state index in [4.69, 9.17) is 10.00 Å². The van der Waals surface area contributed by atoms with Crippen LogP contribution in [0.25, 0.3) is 10.8 Å². The molecule has 0 unspecified atom stereocenters. The van der Waals surface area contributed by atoms with Crippen molar-refractivity contribution in [3.8, 4) is 11.8 Å². The molecule has 2 rings (SSSR count). The number of fused-ring (bicyclic) bond motifs is 1. The van der Waals surface area contributed by atoms with E-state index >= 15 is 0 Å². The van der Waals surface area contributed by atoms with E-state index in [2.05, 4.69) is 12.1 Å². The molecule has 0 bridgehead atoms. The molecule has 0 saturated heterocycles. The van der Waals surface area contributed by atoms with Gasteiger partial charge in [-0.15, -0.1) is 0 Å². The molecule has 2 nitrogen and oxygen atoms in total. The number of hydrogen-bond acceptors (Lipinski definition) is 2. The standard InChI is InChI=1S/C13H11NO/c1-9-3-4-10-7-13(15-2)12(8-14)6-11(10)5-9/h3-7H,1-2H3. The van der Waals surface area contributed by atoms with E-state index in [0.717, 1.165) is 10.8 Å². The average molecular weight is 197 g/mol. The van der Waals surface area contributed by atoms with Crippen molar-refractivity contribution in [1.29, 1.82) is 5.26 Å². The number of ether oxygens (including phenoxy) is 1. The van der Waals surface area contributed by atoms with Crippen LogP contribution in [0.3, 0.4) is 0 Å². The van der Waals surface area contributed by atoms with Crippen molar-refractivity contribution in [2.75, 3.05) is 7.11 Å². The van der Waals surface area contributed by atoms with Crippen LogP contribution in [0.15, 0.2) is 30.3 Å². The maximum absolute atomic E-state index is 8.95. The molecular weight excluding hydrogens is 186 g/mol. The quantitative estimate of drug-likeness (QED) is 0.704. The lowest BCUT2D eigenvalue weighted by Gasteiger charge is -2.05. The summed E-state index contributed by atoms with van der Waals surface area (Å²) in [5.41, 5.74) is 1.77. The third-order valence-corrected chi connectivity index (χ3v) is 2.43. The predicted octanol–water partition coefficient (Wildman–Crippen LogP) is 3.03. The van der Waals surface area contributed by atoms with Crippen LogP contribution >= 0.6 is 0 Å². The highest BCUT2D eigenvalue weighted by Crippen LogP contribution is 2.25. The molecule has 74 valence electrons. The molecule has 0 N–H and O–H groups in total. The Labute approximate surface area is 88.7 Å². The Morgan fingerprint density at radius 2 is 1.93 bits per heavy atom. The zero-order valence-corrected chi connectivity index (χ0v) is 8.74. The number of nitrogens with zero attached hydrogens (tertiary/aromatic N) is 1. The van der Waals surface area contributed by atoms with E-state index in [1.807, 2.05) is 31.2 Å². The first-order valence-electron chi connectivity index (χ1n) is 4.73. The third kappa shape index (κ3) is 1.64. The zero-order chi connectivity index (χ0) is 10.8. The Morgan fingerprint density at radius 3 is 2.60 bits per heavy atom. The first-order valence-corrected chi connectivity index (χ1v) is 4.73. The Balaban J connectivity index is 2.77. The highest BCUT2D eigenvalue weighted by atomic mass is 16.5. The van der Waals surface area contributed by atoms with Crippen LogP contribution in [0.1, 0.15) is 11.1 Å². The van der Waals surface area contributed by atoms with Gasteiger partial charge in [0.2, 0.25) is 0 Å². The molecule has 0 amide bonds. The second-order valence-corrected chi connectivity index (χ2v) is 3.51. The molecule has 0 radical (unpaired) electrons. The molecule has 2 aromatic carbocycles. The third-order valence-electron chi connectivity index (χ3n) is 2.43. The van der Waals surface area contributed by atoms with Gasteiger partial charge in [0, 0.05) is 0 Å².